The molecule has 0 spiro atoms. The van der Waals surface area contributed by atoms with Gasteiger partial charge in [-0.25, -0.2) is 0 Å². The predicted octanol–water partition coefficient (Wildman–Crippen LogP) is 14.0. The zero-order valence-electron chi connectivity index (χ0n) is 27.7. The third kappa shape index (κ3) is 5.06. The molecule has 0 bridgehead atoms. The van der Waals surface area contributed by atoms with Crippen LogP contribution in [-0.2, 0) is 0 Å². The van der Waals surface area contributed by atoms with E-state index in [1.807, 2.05) is 24.3 Å². The van der Waals surface area contributed by atoms with Crippen molar-refractivity contribution in [2.75, 3.05) is 4.90 Å². The Balaban J connectivity index is 1.12. The molecule has 240 valence electrons. The van der Waals surface area contributed by atoms with E-state index in [9.17, 15) is 0 Å². The van der Waals surface area contributed by atoms with Gasteiger partial charge < -0.3 is 13.7 Å². The fourth-order valence-electron chi connectivity index (χ4n) is 7.36. The molecule has 0 radical (unpaired) electrons. The second kappa shape index (κ2) is 11.9. The van der Waals surface area contributed by atoms with Crippen LogP contribution >= 0.6 is 0 Å². The van der Waals surface area contributed by atoms with Crippen LogP contribution < -0.4 is 4.90 Å². The smallest absolute Gasteiger partial charge is 0.143 e. The lowest BCUT2D eigenvalue weighted by Crippen LogP contribution is -2.09. The average molecular weight is 654 g/mol. The topological polar surface area (TPSA) is 29.5 Å². The number of anilines is 3. The highest BCUT2D eigenvalue weighted by molar-refractivity contribution is 6.11. The summed E-state index contributed by atoms with van der Waals surface area (Å²) in [6, 6.07) is 66.2. The van der Waals surface area contributed by atoms with Crippen molar-refractivity contribution in [3.8, 4) is 33.4 Å². The highest BCUT2D eigenvalue weighted by Gasteiger charge is 2.18. The fourth-order valence-corrected chi connectivity index (χ4v) is 7.36. The molecule has 2 heterocycles. The monoisotopic (exact) mass is 653 g/mol. The Bertz CT molecular complexity index is 2830. The Kier molecular flexibility index (Phi) is 6.81. The molecule has 51 heavy (non-hydrogen) atoms. The second-order valence-electron chi connectivity index (χ2n) is 12.9. The number of hydrogen-bond acceptors (Lipinski definition) is 3. The number of para-hydroxylation sites is 2. The standard InChI is InChI=1S/C48H31NO2/c1-3-11-32(12-4-1)34-19-23-37(24-20-34)49(39-27-28-47-43(31-39)40-15-7-9-17-45(40)50-47)38-25-21-35(22-26-38)42-29-36(33-13-5-2-6-14-33)30-44-41-16-8-10-18-46(41)51-48(42)44/h1-31H. The lowest BCUT2D eigenvalue weighted by molar-refractivity contribution is 0.669. The molecule has 0 unspecified atom stereocenters. The quantitative estimate of drug-likeness (QED) is 0.179. The fraction of sp³-hybridized carbons (Fsp3) is 0. The molecular weight excluding hydrogens is 623 g/mol. The maximum absolute atomic E-state index is 6.54. The summed E-state index contributed by atoms with van der Waals surface area (Å²) in [4.78, 5) is 2.32. The van der Waals surface area contributed by atoms with Crippen LogP contribution in [0.5, 0.6) is 0 Å². The Morgan fingerprint density at radius 3 is 1.45 bits per heavy atom. The molecule has 0 atom stereocenters. The van der Waals surface area contributed by atoms with Crippen LogP contribution in [0.1, 0.15) is 0 Å². The van der Waals surface area contributed by atoms with Gasteiger partial charge in [-0.05, 0) is 94.5 Å². The van der Waals surface area contributed by atoms with Gasteiger partial charge in [0.2, 0.25) is 0 Å². The number of furan rings is 2. The molecule has 0 saturated heterocycles. The van der Waals surface area contributed by atoms with E-state index in [1.165, 1.54) is 16.7 Å². The minimum atomic E-state index is 0.878. The maximum Gasteiger partial charge on any atom is 0.143 e. The summed E-state index contributed by atoms with van der Waals surface area (Å²) < 4.78 is 12.7. The van der Waals surface area contributed by atoms with Crippen molar-refractivity contribution in [2.24, 2.45) is 0 Å². The van der Waals surface area contributed by atoms with Gasteiger partial charge in [-0.1, -0.05) is 121 Å². The van der Waals surface area contributed by atoms with Gasteiger partial charge in [-0.15, -0.1) is 0 Å². The van der Waals surface area contributed by atoms with Crippen LogP contribution in [0.2, 0.25) is 0 Å². The van der Waals surface area contributed by atoms with Gasteiger partial charge in [-0.3, -0.25) is 0 Å². The van der Waals surface area contributed by atoms with Crippen molar-refractivity contribution in [3.05, 3.63) is 188 Å². The van der Waals surface area contributed by atoms with Crippen molar-refractivity contribution in [3.63, 3.8) is 0 Å². The van der Waals surface area contributed by atoms with Crippen molar-refractivity contribution in [1.29, 1.82) is 0 Å². The van der Waals surface area contributed by atoms with Crippen molar-refractivity contribution in [2.45, 2.75) is 0 Å². The number of hydrogen-bond donors (Lipinski definition) is 0. The first-order valence-corrected chi connectivity index (χ1v) is 17.2. The summed E-state index contributed by atoms with van der Waals surface area (Å²) in [5.41, 5.74) is 13.6. The van der Waals surface area contributed by atoms with Crippen LogP contribution in [0.15, 0.2) is 197 Å². The maximum atomic E-state index is 6.54. The molecule has 0 fully saturated rings. The highest BCUT2D eigenvalue weighted by atomic mass is 16.3. The molecule has 3 heteroatoms. The summed E-state index contributed by atoms with van der Waals surface area (Å²) in [5, 5.41) is 4.44. The molecule has 0 aliphatic heterocycles. The van der Waals surface area contributed by atoms with E-state index >= 15 is 0 Å². The van der Waals surface area contributed by atoms with Crippen LogP contribution in [0.25, 0.3) is 77.3 Å². The van der Waals surface area contributed by atoms with E-state index in [1.54, 1.807) is 0 Å². The van der Waals surface area contributed by atoms with Crippen LogP contribution in [0.3, 0.4) is 0 Å². The van der Waals surface area contributed by atoms with Crippen molar-refractivity contribution >= 4 is 60.9 Å². The third-order valence-corrected chi connectivity index (χ3v) is 9.87. The molecular formula is C48H31NO2. The van der Waals surface area contributed by atoms with Gasteiger partial charge in [0, 0.05) is 44.2 Å². The molecule has 3 nitrogen and oxygen atoms in total. The summed E-state index contributed by atoms with van der Waals surface area (Å²) in [7, 11) is 0. The second-order valence-corrected chi connectivity index (χ2v) is 12.9. The van der Waals surface area contributed by atoms with Gasteiger partial charge in [0.1, 0.15) is 22.3 Å². The van der Waals surface area contributed by atoms with E-state index in [0.29, 0.717) is 0 Å². The van der Waals surface area contributed by atoms with Gasteiger partial charge in [-0.2, -0.15) is 0 Å². The van der Waals surface area contributed by atoms with E-state index < -0.39 is 0 Å². The van der Waals surface area contributed by atoms with E-state index in [2.05, 4.69) is 169 Å². The Labute approximate surface area is 295 Å². The largest absolute Gasteiger partial charge is 0.456 e. The molecule has 0 N–H and O–H groups in total. The Morgan fingerprint density at radius 2 is 0.784 bits per heavy atom. The Hall–Kier alpha value is -6.84. The number of benzene rings is 8. The third-order valence-electron chi connectivity index (χ3n) is 9.87. The molecule has 8 aromatic carbocycles. The molecule has 10 rings (SSSR count). The van der Waals surface area contributed by atoms with Crippen LogP contribution in [0.4, 0.5) is 17.1 Å². The lowest BCUT2D eigenvalue weighted by Gasteiger charge is -2.26. The molecule has 10 aromatic rings. The van der Waals surface area contributed by atoms with E-state index in [-0.39, 0.29) is 0 Å². The van der Waals surface area contributed by atoms with Crippen LogP contribution in [-0.4, -0.2) is 0 Å². The minimum Gasteiger partial charge on any atom is -0.456 e. The minimum absolute atomic E-state index is 0.878. The van der Waals surface area contributed by atoms with Gasteiger partial charge in [0.25, 0.3) is 0 Å². The molecule has 0 aliphatic rings. The number of rotatable bonds is 6. The van der Waals surface area contributed by atoms with E-state index in [0.717, 1.165) is 77.6 Å². The zero-order chi connectivity index (χ0) is 33.7. The van der Waals surface area contributed by atoms with E-state index in [4.69, 9.17) is 8.83 Å². The average Bonchev–Trinajstić information content (AvgIpc) is 3.77. The van der Waals surface area contributed by atoms with Gasteiger partial charge in [0.15, 0.2) is 0 Å². The molecule has 0 aliphatic carbocycles. The SMILES string of the molecule is c1ccc(-c2ccc(N(c3ccc(-c4cc(-c5ccccc5)cc5c4oc4ccccc45)cc3)c3ccc4oc5ccccc5c4c3)cc2)cc1. The lowest BCUT2D eigenvalue weighted by atomic mass is 9.95. The van der Waals surface area contributed by atoms with Crippen molar-refractivity contribution < 1.29 is 8.83 Å². The van der Waals surface area contributed by atoms with Gasteiger partial charge in [0.05, 0.1) is 0 Å². The molecule has 0 saturated carbocycles. The first kappa shape index (κ1) is 29.1. The first-order chi connectivity index (χ1) is 25.3. The Morgan fingerprint density at radius 1 is 0.294 bits per heavy atom. The van der Waals surface area contributed by atoms with Gasteiger partial charge >= 0.3 is 0 Å². The number of fused-ring (bicyclic) bond motifs is 6. The van der Waals surface area contributed by atoms with Crippen LogP contribution in [0, 0.1) is 0 Å². The van der Waals surface area contributed by atoms with Crippen molar-refractivity contribution in [1.82, 2.24) is 0 Å². The highest BCUT2D eigenvalue weighted by Crippen LogP contribution is 2.42. The molecule has 0 amide bonds. The predicted molar refractivity (Wildman–Crippen MR) is 212 cm³/mol. The first-order valence-electron chi connectivity index (χ1n) is 17.2. The normalized spacial score (nSPS) is 11.5. The summed E-state index contributed by atoms with van der Waals surface area (Å²) in [5.74, 6) is 0. The molecule has 2 aromatic heterocycles. The zero-order valence-corrected chi connectivity index (χ0v) is 27.7. The summed E-state index contributed by atoms with van der Waals surface area (Å²) in [6.07, 6.45) is 0. The summed E-state index contributed by atoms with van der Waals surface area (Å²) >= 11 is 0. The number of nitrogens with zero attached hydrogens (tertiary/aromatic N) is 1. The summed E-state index contributed by atoms with van der Waals surface area (Å²) in [6.45, 7) is 0.